The van der Waals surface area contributed by atoms with Gasteiger partial charge in [0.05, 0.1) is 10.4 Å². The summed E-state index contributed by atoms with van der Waals surface area (Å²) in [5, 5.41) is 13.0. The molecule has 1 N–H and O–H groups in total. The number of non-ortho nitro benzene ring substituents is 1. The van der Waals surface area contributed by atoms with Crippen LogP contribution in [0.25, 0.3) is 21.8 Å². The number of rotatable bonds is 3. The largest absolute Gasteiger partial charge is 0.457 e. The molecule has 4 aromatic rings. The number of para-hydroxylation sites is 1. The second-order valence-electron chi connectivity index (χ2n) is 5.23. The molecular formula is C18H12N2O3. The van der Waals surface area contributed by atoms with Gasteiger partial charge in [-0.2, -0.15) is 0 Å². The van der Waals surface area contributed by atoms with E-state index in [-0.39, 0.29) is 5.69 Å². The number of hydrogen-bond acceptors (Lipinski definition) is 3. The van der Waals surface area contributed by atoms with Gasteiger partial charge in [0.1, 0.15) is 11.5 Å². The summed E-state index contributed by atoms with van der Waals surface area (Å²) in [6.07, 6.45) is 0. The van der Waals surface area contributed by atoms with Crippen LogP contribution in [0.1, 0.15) is 0 Å². The number of hydrogen-bond donors (Lipinski definition) is 1. The number of benzene rings is 3. The number of aromatic nitrogens is 1. The van der Waals surface area contributed by atoms with Crippen molar-refractivity contribution in [2.24, 2.45) is 0 Å². The number of H-pyrrole nitrogens is 1. The fraction of sp³-hybridized carbons (Fsp3) is 0. The van der Waals surface area contributed by atoms with Gasteiger partial charge < -0.3 is 9.72 Å². The lowest BCUT2D eigenvalue weighted by atomic mass is 10.1. The van der Waals surface area contributed by atoms with Gasteiger partial charge in [-0.05, 0) is 30.3 Å². The van der Waals surface area contributed by atoms with Crippen LogP contribution in [0.3, 0.4) is 0 Å². The third-order valence-electron chi connectivity index (χ3n) is 3.76. The van der Waals surface area contributed by atoms with E-state index < -0.39 is 4.92 Å². The predicted octanol–water partition coefficient (Wildman–Crippen LogP) is 5.02. The topological polar surface area (TPSA) is 68.2 Å². The molecule has 0 radical (unpaired) electrons. The molecule has 5 nitrogen and oxygen atoms in total. The van der Waals surface area contributed by atoms with Crippen LogP contribution in [0, 0.1) is 10.1 Å². The number of nitro groups is 1. The highest BCUT2D eigenvalue weighted by atomic mass is 16.6. The van der Waals surface area contributed by atoms with Gasteiger partial charge in [0, 0.05) is 34.5 Å². The first-order chi connectivity index (χ1) is 11.2. The van der Waals surface area contributed by atoms with Crippen molar-refractivity contribution in [2.45, 2.75) is 0 Å². The number of nitrogens with one attached hydrogen (secondary N) is 1. The van der Waals surface area contributed by atoms with E-state index in [2.05, 4.69) is 11.1 Å². The van der Waals surface area contributed by atoms with Crippen LogP contribution in [0.15, 0.2) is 66.7 Å². The van der Waals surface area contributed by atoms with Gasteiger partial charge in [-0.1, -0.05) is 18.2 Å². The highest BCUT2D eigenvalue weighted by molar-refractivity contribution is 6.07. The van der Waals surface area contributed by atoms with Crippen LogP contribution in [0.2, 0.25) is 0 Å². The van der Waals surface area contributed by atoms with E-state index in [9.17, 15) is 10.1 Å². The summed E-state index contributed by atoms with van der Waals surface area (Å²) in [6.45, 7) is 0. The molecule has 0 amide bonds. The third-order valence-corrected chi connectivity index (χ3v) is 3.76. The third kappa shape index (κ3) is 2.38. The Labute approximate surface area is 131 Å². The molecule has 0 aliphatic heterocycles. The number of nitrogens with zero attached hydrogens (tertiary/aromatic N) is 1. The summed E-state index contributed by atoms with van der Waals surface area (Å²) < 4.78 is 5.77. The molecule has 1 aromatic heterocycles. The molecule has 0 aliphatic carbocycles. The van der Waals surface area contributed by atoms with Gasteiger partial charge >= 0.3 is 0 Å². The Morgan fingerprint density at radius 3 is 2.30 bits per heavy atom. The Morgan fingerprint density at radius 1 is 0.826 bits per heavy atom. The van der Waals surface area contributed by atoms with Gasteiger partial charge in [0.2, 0.25) is 0 Å². The maximum atomic E-state index is 10.7. The average Bonchev–Trinajstić information content (AvgIpc) is 2.93. The Hall–Kier alpha value is -3.34. The van der Waals surface area contributed by atoms with Gasteiger partial charge in [0.25, 0.3) is 5.69 Å². The quantitative estimate of drug-likeness (QED) is 0.426. The molecule has 0 fully saturated rings. The second-order valence-corrected chi connectivity index (χ2v) is 5.23. The molecular weight excluding hydrogens is 292 g/mol. The molecule has 3 aromatic carbocycles. The summed E-state index contributed by atoms with van der Waals surface area (Å²) in [5.41, 5.74) is 2.11. The highest BCUT2D eigenvalue weighted by Gasteiger charge is 2.07. The number of nitro benzene ring substituents is 1. The molecule has 0 bridgehead atoms. The molecule has 0 saturated carbocycles. The van der Waals surface area contributed by atoms with E-state index in [0.29, 0.717) is 11.5 Å². The summed E-state index contributed by atoms with van der Waals surface area (Å²) in [4.78, 5) is 13.6. The van der Waals surface area contributed by atoms with Crippen molar-refractivity contribution in [3.63, 3.8) is 0 Å². The number of ether oxygens (including phenoxy) is 1. The van der Waals surface area contributed by atoms with E-state index in [4.69, 9.17) is 4.74 Å². The number of aromatic amines is 1. The lowest BCUT2D eigenvalue weighted by Crippen LogP contribution is -1.88. The summed E-state index contributed by atoms with van der Waals surface area (Å²) in [6, 6.07) is 20.0. The van der Waals surface area contributed by atoms with E-state index in [0.717, 1.165) is 16.4 Å². The molecule has 4 rings (SSSR count). The highest BCUT2D eigenvalue weighted by Crippen LogP contribution is 2.30. The first-order valence-corrected chi connectivity index (χ1v) is 7.13. The van der Waals surface area contributed by atoms with Crippen LogP contribution < -0.4 is 4.74 Å². The average molecular weight is 304 g/mol. The minimum atomic E-state index is -0.430. The molecule has 112 valence electrons. The van der Waals surface area contributed by atoms with Gasteiger partial charge in [-0.3, -0.25) is 10.1 Å². The Bertz CT molecular complexity index is 1020. The predicted molar refractivity (Wildman–Crippen MR) is 89.0 cm³/mol. The maximum Gasteiger partial charge on any atom is 0.269 e. The zero-order chi connectivity index (χ0) is 15.8. The van der Waals surface area contributed by atoms with E-state index in [1.54, 1.807) is 12.1 Å². The first kappa shape index (κ1) is 13.3. The van der Waals surface area contributed by atoms with Gasteiger partial charge in [-0.15, -0.1) is 0 Å². The maximum absolute atomic E-state index is 10.7. The van der Waals surface area contributed by atoms with Crippen LogP contribution in [0.5, 0.6) is 11.5 Å². The second kappa shape index (κ2) is 5.14. The van der Waals surface area contributed by atoms with Gasteiger partial charge in [0.15, 0.2) is 0 Å². The standard InChI is InChI=1S/C18H12N2O3/c21-20(22)12-5-7-13(8-6-12)23-14-9-10-16-15-3-1-2-4-17(15)19-18(16)11-14/h1-11,19H. The van der Waals surface area contributed by atoms with Crippen molar-refractivity contribution in [1.82, 2.24) is 4.98 Å². The zero-order valence-electron chi connectivity index (χ0n) is 12.0. The van der Waals surface area contributed by atoms with E-state index in [1.807, 2.05) is 36.4 Å². The fourth-order valence-electron chi connectivity index (χ4n) is 2.67. The Morgan fingerprint density at radius 2 is 1.52 bits per heavy atom. The Balaban J connectivity index is 1.69. The van der Waals surface area contributed by atoms with Crippen molar-refractivity contribution in [3.05, 3.63) is 76.8 Å². The van der Waals surface area contributed by atoms with Crippen LogP contribution >= 0.6 is 0 Å². The lowest BCUT2D eigenvalue weighted by Gasteiger charge is -2.05. The summed E-state index contributed by atoms with van der Waals surface area (Å²) in [7, 11) is 0. The van der Waals surface area contributed by atoms with Crippen molar-refractivity contribution in [2.75, 3.05) is 0 Å². The SMILES string of the molecule is O=[N+]([O-])c1ccc(Oc2ccc3c(c2)[nH]c2ccccc23)cc1. The summed E-state index contributed by atoms with van der Waals surface area (Å²) in [5.74, 6) is 1.24. The lowest BCUT2D eigenvalue weighted by molar-refractivity contribution is -0.384. The fourth-order valence-corrected chi connectivity index (χ4v) is 2.67. The van der Waals surface area contributed by atoms with Crippen LogP contribution in [-0.4, -0.2) is 9.91 Å². The smallest absolute Gasteiger partial charge is 0.269 e. The minimum absolute atomic E-state index is 0.0448. The number of fused-ring (bicyclic) bond motifs is 3. The van der Waals surface area contributed by atoms with Crippen LogP contribution in [-0.2, 0) is 0 Å². The molecule has 0 aliphatic rings. The van der Waals surface area contributed by atoms with E-state index >= 15 is 0 Å². The molecule has 0 saturated heterocycles. The van der Waals surface area contributed by atoms with Crippen LogP contribution in [0.4, 0.5) is 5.69 Å². The zero-order valence-corrected chi connectivity index (χ0v) is 12.0. The van der Waals surface area contributed by atoms with Crippen molar-refractivity contribution >= 4 is 27.5 Å². The molecule has 0 atom stereocenters. The first-order valence-electron chi connectivity index (χ1n) is 7.13. The normalized spacial score (nSPS) is 11.0. The Kier molecular flexibility index (Phi) is 2.98. The molecule has 5 heteroatoms. The monoisotopic (exact) mass is 304 g/mol. The molecule has 0 unspecified atom stereocenters. The summed E-state index contributed by atoms with van der Waals surface area (Å²) >= 11 is 0. The van der Waals surface area contributed by atoms with Crippen molar-refractivity contribution < 1.29 is 9.66 Å². The van der Waals surface area contributed by atoms with Gasteiger partial charge in [-0.25, -0.2) is 0 Å². The van der Waals surface area contributed by atoms with Crippen molar-refractivity contribution in [1.29, 1.82) is 0 Å². The molecule has 0 spiro atoms. The van der Waals surface area contributed by atoms with E-state index in [1.165, 1.54) is 17.5 Å². The van der Waals surface area contributed by atoms with Crippen molar-refractivity contribution in [3.8, 4) is 11.5 Å². The molecule has 23 heavy (non-hydrogen) atoms. The molecule has 1 heterocycles. The minimum Gasteiger partial charge on any atom is -0.457 e.